The molecular formula is C13H16N2O2S. The number of carbonyl (C=O) groups excluding carboxylic acids is 1. The van der Waals surface area contributed by atoms with Crippen LogP contribution in [-0.2, 0) is 0 Å². The zero-order valence-electron chi connectivity index (χ0n) is 10.7. The van der Waals surface area contributed by atoms with Crippen molar-refractivity contribution >= 4 is 17.2 Å². The van der Waals surface area contributed by atoms with Crippen LogP contribution in [0.4, 0.5) is 0 Å². The largest absolute Gasteiger partial charge is 0.462 e. The maximum absolute atomic E-state index is 12.0. The zero-order chi connectivity index (χ0) is 13.2. The smallest absolute Gasteiger partial charge is 0.271 e. The Bertz CT molecular complexity index is 529. The molecule has 0 aliphatic carbocycles. The SMILES string of the molecule is CCC(C)(C)NC(=O)c1csc(-c2ccco2)n1. The fourth-order valence-corrected chi connectivity index (χ4v) is 2.12. The van der Waals surface area contributed by atoms with Gasteiger partial charge in [-0.2, -0.15) is 0 Å². The molecule has 1 amide bonds. The maximum Gasteiger partial charge on any atom is 0.271 e. The quantitative estimate of drug-likeness (QED) is 0.921. The third-order valence-corrected chi connectivity index (χ3v) is 3.66. The van der Waals surface area contributed by atoms with Crippen molar-refractivity contribution in [3.05, 3.63) is 29.5 Å². The van der Waals surface area contributed by atoms with Crippen LogP contribution in [0.5, 0.6) is 0 Å². The molecule has 0 aliphatic rings. The number of carbonyl (C=O) groups is 1. The van der Waals surface area contributed by atoms with E-state index in [2.05, 4.69) is 10.3 Å². The van der Waals surface area contributed by atoms with Crippen molar-refractivity contribution < 1.29 is 9.21 Å². The molecule has 4 nitrogen and oxygen atoms in total. The first-order valence-corrected chi connectivity index (χ1v) is 6.72. The molecule has 1 N–H and O–H groups in total. The molecule has 2 aromatic rings. The first-order valence-electron chi connectivity index (χ1n) is 5.84. The number of thiazole rings is 1. The van der Waals surface area contributed by atoms with Crippen LogP contribution in [0, 0.1) is 0 Å². The van der Waals surface area contributed by atoms with E-state index in [1.165, 1.54) is 11.3 Å². The van der Waals surface area contributed by atoms with Crippen molar-refractivity contribution in [1.82, 2.24) is 10.3 Å². The average molecular weight is 264 g/mol. The van der Waals surface area contributed by atoms with Gasteiger partial charge in [-0.15, -0.1) is 11.3 Å². The normalized spacial score (nSPS) is 11.5. The van der Waals surface area contributed by atoms with Gasteiger partial charge in [0.2, 0.25) is 0 Å². The molecule has 0 aliphatic heterocycles. The lowest BCUT2D eigenvalue weighted by Crippen LogP contribution is -2.42. The van der Waals surface area contributed by atoms with Crippen molar-refractivity contribution in [3.63, 3.8) is 0 Å². The lowest BCUT2D eigenvalue weighted by molar-refractivity contribution is 0.0907. The fraction of sp³-hybridized carbons (Fsp3) is 0.385. The minimum Gasteiger partial charge on any atom is -0.462 e. The van der Waals surface area contributed by atoms with Crippen LogP contribution in [0.15, 0.2) is 28.2 Å². The highest BCUT2D eigenvalue weighted by Crippen LogP contribution is 2.24. The van der Waals surface area contributed by atoms with Crippen LogP contribution in [0.25, 0.3) is 10.8 Å². The maximum atomic E-state index is 12.0. The average Bonchev–Trinajstić information content (AvgIpc) is 2.99. The summed E-state index contributed by atoms with van der Waals surface area (Å²) in [5.41, 5.74) is 0.221. The van der Waals surface area contributed by atoms with Gasteiger partial charge in [-0.05, 0) is 32.4 Å². The van der Waals surface area contributed by atoms with Gasteiger partial charge in [-0.1, -0.05) is 6.92 Å². The molecule has 0 saturated carbocycles. The number of hydrogen-bond donors (Lipinski definition) is 1. The number of amides is 1. The molecule has 2 aromatic heterocycles. The molecule has 0 spiro atoms. The first-order chi connectivity index (χ1) is 8.52. The Labute approximate surface area is 110 Å². The van der Waals surface area contributed by atoms with Crippen molar-refractivity contribution in [1.29, 1.82) is 0 Å². The number of rotatable bonds is 4. The summed E-state index contributed by atoms with van der Waals surface area (Å²) in [6.07, 6.45) is 2.46. The zero-order valence-corrected chi connectivity index (χ0v) is 11.5. The molecule has 0 atom stereocenters. The molecule has 0 unspecified atom stereocenters. The summed E-state index contributed by atoms with van der Waals surface area (Å²) in [5, 5.41) is 5.43. The van der Waals surface area contributed by atoms with Crippen molar-refractivity contribution in [2.75, 3.05) is 0 Å². The molecule has 2 heterocycles. The van der Waals surface area contributed by atoms with E-state index < -0.39 is 0 Å². The predicted molar refractivity (Wildman–Crippen MR) is 71.7 cm³/mol. The van der Waals surface area contributed by atoms with Crippen molar-refractivity contribution in [3.8, 4) is 10.8 Å². The van der Waals surface area contributed by atoms with Crippen LogP contribution < -0.4 is 5.32 Å². The van der Waals surface area contributed by atoms with Crippen molar-refractivity contribution in [2.24, 2.45) is 0 Å². The second kappa shape index (κ2) is 4.94. The Kier molecular flexibility index (Phi) is 3.52. The molecule has 18 heavy (non-hydrogen) atoms. The van der Waals surface area contributed by atoms with Crippen LogP contribution >= 0.6 is 11.3 Å². The Morgan fingerprint density at radius 2 is 2.33 bits per heavy atom. The molecule has 2 rings (SSSR count). The van der Waals surface area contributed by atoms with E-state index in [1.54, 1.807) is 17.7 Å². The monoisotopic (exact) mass is 264 g/mol. The van der Waals surface area contributed by atoms with Gasteiger partial charge < -0.3 is 9.73 Å². The van der Waals surface area contributed by atoms with Gasteiger partial charge >= 0.3 is 0 Å². The lowest BCUT2D eigenvalue weighted by Gasteiger charge is -2.23. The minimum absolute atomic E-state index is 0.143. The van der Waals surface area contributed by atoms with E-state index in [4.69, 9.17) is 4.42 Å². The van der Waals surface area contributed by atoms with E-state index >= 15 is 0 Å². The predicted octanol–water partition coefficient (Wildman–Crippen LogP) is 3.32. The van der Waals surface area contributed by atoms with Gasteiger partial charge in [0, 0.05) is 10.9 Å². The molecule has 0 bridgehead atoms. The number of hydrogen-bond acceptors (Lipinski definition) is 4. The van der Waals surface area contributed by atoms with E-state index in [9.17, 15) is 4.79 Å². The van der Waals surface area contributed by atoms with Gasteiger partial charge in [0.25, 0.3) is 5.91 Å². The molecular weight excluding hydrogens is 248 g/mol. The van der Waals surface area contributed by atoms with Crippen LogP contribution in [0.2, 0.25) is 0 Å². The third kappa shape index (κ3) is 2.79. The summed E-state index contributed by atoms with van der Waals surface area (Å²) in [5.74, 6) is 0.546. The summed E-state index contributed by atoms with van der Waals surface area (Å²) < 4.78 is 5.25. The fourth-order valence-electron chi connectivity index (χ4n) is 1.35. The van der Waals surface area contributed by atoms with Gasteiger partial charge in [0.05, 0.1) is 6.26 Å². The number of furan rings is 1. The molecule has 0 saturated heterocycles. The van der Waals surface area contributed by atoms with E-state index in [-0.39, 0.29) is 11.4 Å². The Hall–Kier alpha value is -1.62. The topological polar surface area (TPSA) is 55.1 Å². The summed E-state index contributed by atoms with van der Waals surface area (Å²) in [4.78, 5) is 16.3. The van der Waals surface area contributed by atoms with Gasteiger partial charge in [-0.25, -0.2) is 4.98 Å². The first kappa shape index (κ1) is 12.8. The standard InChI is InChI=1S/C13H16N2O2S/c1-4-13(2,3)15-11(16)9-8-18-12(14-9)10-6-5-7-17-10/h5-8H,4H2,1-3H3,(H,15,16). The van der Waals surface area contributed by atoms with Gasteiger partial charge in [-0.3, -0.25) is 4.79 Å². The molecule has 0 radical (unpaired) electrons. The number of nitrogens with zero attached hydrogens (tertiary/aromatic N) is 1. The number of nitrogens with one attached hydrogen (secondary N) is 1. The molecule has 0 fully saturated rings. The highest BCUT2D eigenvalue weighted by molar-refractivity contribution is 7.13. The van der Waals surface area contributed by atoms with E-state index in [0.29, 0.717) is 11.5 Å². The van der Waals surface area contributed by atoms with Crippen LogP contribution in [0.1, 0.15) is 37.7 Å². The summed E-state index contributed by atoms with van der Waals surface area (Å²) in [6, 6.07) is 3.63. The van der Waals surface area contributed by atoms with Crippen molar-refractivity contribution in [2.45, 2.75) is 32.7 Å². The van der Waals surface area contributed by atoms with Gasteiger partial charge in [0.15, 0.2) is 10.8 Å². The van der Waals surface area contributed by atoms with Crippen LogP contribution in [-0.4, -0.2) is 16.4 Å². The number of aromatic nitrogens is 1. The Morgan fingerprint density at radius 3 is 2.94 bits per heavy atom. The second-order valence-corrected chi connectivity index (χ2v) is 5.56. The Balaban J connectivity index is 2.13. The third-order valence-electron chi connectivity index (χ3n) is 2.80. The second-order valence-electron chi connectivity index (χ2n) is 4.71. The Morgan fingerprint density at radius 1 is 1.56 bits per heavy atom. The molecule has 0 aromatic carbocycles. The van der Waals surface area contributed by atoms with Crippen LogP contribution in [0.3, 0.4) is 0 Å². The lowest BCUT2D eigenvalue weighted by atomic mass is 10.0. The summed E-state index contributed by atoms with van der Waals surface area (Å²) in [7, 11) is 0. The van der Waals surface area contributed by atoms with E-state index in [0.717, 1.165) is 11.4 Å². The summed E-state index contributed by atoms with van der Waals surface area (Å²) >= 11 is 1.40. The van der Waals surface area contributed by atoms with E-state index in [1.807, 2.05) is 26.8 Å². The highest BCUT2D eigenvalue weighted by Gasteiger charge is 2.21. The summed E-state index contributed by atoms with van der Waals surface area (Å²) in [6.45, 7) is 6.02. The minimum atomic E-state index is -0.217. The molecule has 96 valence electrons. The molecule has 5 heteroatoms. The van der Waals surface area contributed by atoms with Gasteiger partial charge in [0.1, 0.15) is 5.69 Å². The highest BCUT2D eigenvalue weighted by atomic mass is 32.1.